The minimum Gasteiger partial charge on any atom is -0.507 e. The number of anilines is 2. The van der Waals surface area contributed by atoms with Gasteiger partial charge in [-0.25, -0.2) is 15.0 Å². The summed E-state index contributed by atoms with van der Waals surface area (Å²) in [4.78, 5) is 30.1. The summed E-state index contributed by atoms with van der Waals surface area (Å²) in [6.07, 6.45) is 2.36. The Labute approximate surface area is 260 Å². The van der Waals surface area contributed by atoms with Crippen LogP contribution in [0.25, 0.3) is 39.5 Å². The summed E-state index contributed by atoms with van der Waals surface area (Å²) < 4.78 is 2.07. The second-order valence-corrected chi connectivity index (χ2v) is 12.1. The topological polar surface area (TPSA) is 113 Å². The minimum atomic E-state index is 0.0364. The summed E-state index contributed by atoms with van der Waals surface area (Å²) in [5.74, 6) is 1.16. The molecule has 2 aliphatic heterocycles. The lowest BCUT2D eigenvalue weighted by molar-refractivity contribution is -0.0273. The molecular formula is C36H31N7O2. The molecule has 3 aromatic heterocycles. The number of carbonyl (C=O) groups is 1. The predicted molar refractivity (Wildman–Crippen MR) is 175 cm³/mol. The fraction of sp³-hybridized carbons (Fsp3) is 0.167. The fourth-order valence-electron chi connectivity index (χ4n) is 6.76. The zero-order chi connectivity index (χ0) is 30.5. The summed E-state index contributed by atoms with van der Waals surface area (Å²) in [6, 6.07) is 31.8. The second-order valence-electron chi connectivity index (χ2n) is 12.1. The van der Waals surface area contributed by atoms with Crippen molar-refractivity contribution in [2.24, 2.45) is 5.41 Å². The van der Waals surface area contributed by atoms with Gasteiger partial charge in [-0.1, -0.05) is 42.5 Å². The van der Waals surface area contributed by atoms with E-state index in [9.17, 15) is 9.90 Å². The predicted octanol–water partition coefficient (Wildman–Crippen LogP) is 5.57. The number of aromatic nitrogens is 4. The van der Waals surface area contributed by atoms with Crippen molar-refractivity contribution in [2.45, 2.75) is 6.54 Å². The number of carbonyl (C=O) groups excluding carboxylic acids is 1. The number of aldehydes is 1. The zero-order valence-corrected chi connectivity index (χ0v) is 24.5. The van der Waals surface area contributed by atoms with Crippen molar-refractivity contribution in [1.82, 2.24) is 24.4 Å². The molecule has 3 N–H and O–H groups in total. The van der Waals surface area contributed by atoms with Crippen molar-refractivity contribution < 1.29 is 9.90 Å². The highest BCUT2D eigenvalue weighted by atomic mass is 16.3. The van der Waals surface area contributed by atoms with E-state index in [-0.39, 0.29) is 11.2 Å². The monoisotopic (exact) mass is 593 g/mol. The minimum absolute atomic E-state index is 0.0364. The van der Waals surface area contributed by atoms with E-state index in [1.54, 1.807) is 18.3 Å². The van der Waals surface area contributed by atoms with Crippen LogP contribution < -0.4 is 10.6 Å². The molecule has 6 aromatic rings. The van der Waals surface area contributed by atoms with Crippen molar-refractivity contribution in [2.75, 3.05) is 36.8 Å². The quantitative estimate of drug-likeness (QED) is 0.231. The van der Waals surface area contributed by atoms with E-state index in [0.29, 0.717) is 23.5 Å². The van der Waals surface area contributed by atoms with Gasteiger partial charge in [0.05, 0.1) is 16.8 Å². The molecule has 2 fully saturated rings. The van der Waals surface area contributed by atoms with E-state index in [2.05, 4.69) is 55.7 Å². The molecule has 1 spiro atoms. The Balaban J connectivity index is 1.02. The van der Waals surface area contributed by atoms with Gasteiger partial charge in [0, 0.05) is 67.3 Å². The Morgan fingerprint density at radius 1 is 0.844 bits per heavy atom. The number of pyridine rings is 2. The number of hydrogen-bond donors (Lipinski definition) is 2. The standard InChI is InChI=1S/C36H31N7O2/c37-33-29(7-4-16-38-33)34-40-31-15-14-30(25-5-2-1-3-6-25)39-35(31)43(34)27-11-8-24(9-12-27)18-41-20-36(21-41)22-42(23-36)28-13-10-26(19-44)32(45)17-28/h1-17,19,45H,18,20-23H2,(H2,37,38). The van der Waals surface area contributed by atoms with Gasteiger partial charge < -0.3 is 15.7 Å². The number of rotatable bonds is 7. The van der Waals surface area contributed by atoms with Crippen LogP contribution in [0.2, 0.25) is 0 Å². The van der Waals surface area contributed by atoms with Gasteiger partial charge in [-0.05, 0) is 54.1 Å². The number of hydrogen-bond acceptors (Lipinski definition) is 8. The number of aromatic hydroxyl groups is 1. The maximum atomic E-state index is 11.0. The normalized spacial score (nSPS) is 15.6. The number of nitrogens with two attached hydrogens (primary N) is 1. The van der Waals surface area contributed by atoms with Gasteiger partial charge in [0.1, 0.15) is 17.1 Å². The first-order chi connectivity index (χ1) is 22.0. The molecule has 0 saturated carbocycles. The molecule has 0 aliphatic carbocycles. The SMILES string of the molecule is Nc1ncccc1-c1nc2ccc(-c3ccccc3)nc2n1-c1ccc(CN2CC3(C2)CN(c2ccc(C=O)c(O)c2)C3)cc1. The van der Waals surface area contributed by atoms with Gasteiger partial charge in [0.15, 0.2) is 17.8 Å². The third-order valence-corrected chi connectivity index (χ3v) is 8.93. The van der Waals surface area contributed by atoms with Crippen molar-refractivity contribution in [3.8, 4) is 34.1 Å². The molecule has 5 heterocycles. The Hall–Kier alpha value is -5.54. The number of benzene rings is 3. The molecule has 222 valence electrons. The number of nitrogen functional groups attached to an aromatic ring is 1. The zero-order valence-electron chi connectivity index (χ0n) is 24.5. The number of nitrogens with zero attached hydrogens (tertiary/aromatic N) is 6. The molecular weight excluding hydrogens is 562 g/mol. The van der Waals surface area contributed by atoms with Gasteiger partial charge in [0.2, 0.25) is 0 Å². The van der Waals surface area contributed by atoms with E-state index in [0.717, 1.165) is 72.1 Å². The van der Waals surface area contributed by atoms with Gasteiger partial charge in [0.25, 0.3) is 0 Å². The lowest BCUT2D eigenvalue weighted by Crippen LogP contribution is -2.71. The van der Waals surface area contributed by atoms with Crippen molar-refractivity contribution in [1.29, 1.82) is 0 Å². The Morgan fingerprint density at radius 2 is 1.62 bits per heavy atom. The molecule has 0 radical (unpaired) electrons. The summed E-state index contributed by atoms with van der Waals surface area (Å²) >= 11 is 0. The summed E-state index contributed by atoms with van der Waals surface area (Å²) in [7, 11) is 0. The fourth-order valence-corrected chi connectivity index (χ4v) is 6.76. The van der Waals surface area contributed by atoms with Crippen LogP contribution in [-0.2, 0) is 6.54 Å². The first kappa shape index (κ1) is 27.0. The highest BCUT2D eigenvalue weighted by molar-refractivity contribution is 5.84. The third-order valence-electron chi connectivity index (χ3n) is 8.93. The smallest absolute Gasteiger partial charge is 0.165 e. The summed E-state index contributed by atoms with van der Waals surface area (Å²) in [5, 5.41) is 10.1. The Morgan fingerprint density at radius 3 is 2.36 bits per heavy atom. The highest BCUT2D eigenvalue weighted by Gasteiger charge is 2.51. The highest BCUT2D eigenvalue weighted by Crippen LogP contribution is 2.43. The van der Waals surface area contributed by atoms with Crippen LogP contribution in [0.3, 0.4) is 0 Å². The van der Waals surface area contributed by atoms with Crippen molar-refractivity contribution in [3.63, 3.8) is 0 Å². The van der Waals surface area contributed by atoms with E-state index in [1.807, 2.05) is 48.5 Å². The summed E-state index contributed by atoms with van der Waals surface area (Å²) in [5.41, 5.74) is 14.3. The first-order valence-electron chi connectivity index (χ1n) is 15.0. The number of likely N-dealkylation sites (tertiary alicyclic amines) is 1. The Bertz CT molecular complexity index is 2040. The van der Waals surface area contributed by atoms with Crippen LogP contribution in [0.4, 0.5) is 11.5 Å². The van der Waals surface area contributed by atoms with E-state index in [4.69, 9.17) is 15.7 Å². The van der Waals surface area contributed by atoms with Crippen LogP contribution in [0.5, 0.6) is 5.75 Å². The number of phenolic OH excluding ortho intramolecular Hbond substituents is 1. The molecule has 8 rings (SSSR count). The van der Waals surface area contributed by atoms with Gasteiger partial charge in [-0.2, -0.15) is 0 Å². The maximum Gasteiger partial charge on any atom is 0.165 e. The second kappa shape index (κ2) is 10.6. The van der Waals surface area contributed by atoms with Gasteiger partial charge in [-0.15, -0.1) is 0 Å². The maximum absolute atomic E-state index is 11.0. The molecule has 0 amide bonds. The van der Waals surface area contributed by atoms with Crippen molar-refractivity contribution >= 4 is 29.0 Å². The molecule has 2 saturated heterocycles. The molecule has 9 nitrogen and oxygen atoms in total. The van der Waals surface area contributed by atoms with Crippen LogP contribution in [-0.4, -0.2) is 62.0 Å². The van der Waals surface area contributed by atoms with E-state index in [1.165, 1.54) is 5.56 Å². The van der Waals surface area contributed by atoms with E-state index < -0.39 is 0 Å². The van der Waals surface area contributed by atoms with Crippen LogP contribution in [0, 0.1) is 5.41 Å². The molecule has 9 heteroatoms. The van der Waals surface area contributed by atoms with Crippen LogP contribution in [0.15, 0.2) is 103 Å². The molecule has 2 aliphatic rings. The lowest BCUT2D eigenvalue weighted by Gasteiger charge is -2.61. The Kier molecular flexibility index (Phi) is 6.35. The number of phenols is 1. The molecule has 0 bridgehead atoms. The van der Waals surface area contributed by atoms with Gasteiger partial charge in [-0.3, -0.25) is 14.3 Å². The molecule has 3 aromatic carbocycles. The van der Waals surface area contributed by atoms with Gasteiger partial charge >= 0.3 is 0 Å². The average Bonchev–Trinajstić information content (AvgIpc) is 3.41. The summed E-state index contributed by atoms with van der Waals surface area (Å²) in [6.45, 7) is 4.85. The lowest BCUT2D eigenvalue weighted by atomic mass is 9.72. The first-order valence-corrected chi connectivity index (χ1v) is 15.0. The van der Waals surface area contributed by atoms with Crippen molar-refractivity contribution in [3.05, 3.63) is 114 Å². The largest absolute Gasteiger partial charge is 0.507 e. The third kappa shape index (κ3) is 4.78. The molecule has 45 heavy (non-hydrogen) atoms. The average molecular weight is 594 g/mol. The number of fused-ring (bicyclic) bond motifs is 1. The van der Waals surface area contributed by atoms with Crippen LogP contribution >= 0.6 is 0 Å². The van der Waals surface area contributed by atoms with E-state index >= 15 is 0 Å². The molecule has 0 atom stereocenters. The number of imidazole rings is 1. The van der Waals surface area contributed by atoms with Crippen LogP contribution in [0.1, 0.15) is 15.9 Å². The molecule has 0 unspecified atom stereocenters.